The fraction of sp³-hybridized carbons (Fsp3) is 0.636. The predicted octanol–water partition coefficient (Wildman–Crippen LogP) is 0.00790. The number of nitrogens with zero attached hydrogens (tertiary/aromatic N) is 3. The summed E-state index contributed by atoms with van der Waals surface area (Å²) in [5.41, 5.74) is 5.64. The minimum atomic E-state index is -0.520. The second-order valence-corrected chi connectivity index (χ2v) is 5.84. The fourth-order valence-corrected chi connectivity index (χ4v) is 2.65. The number of rotatable bonds is 5. The van der Waals surface area contributed by atoms with Gasteiger partial charge in [0.1, 0.15) is 5.82 Å². The fourth-order valence-electron chi connectivity index (χ4n) is 1.71. The molecule has 0 radical (unpaired) electrons. The molecule has 2 rings (SSSR count). The van der Waals surface area contributed by atoms with Crippen molar-refractivity contribution in [1.82, 2.24) is 25.4 Å². The molecule has 1 heterocycles. The Labute approximate surface area is 120 Å². The van der Waals surface area contributed by atoms with Crippen LogP contribution in [0.1, 0.15) is 31.6 Å². The number of thioether (sulfide) groups is 1. The molecule has 1 aromatic heterocycles. The van der Waals surface area contributed by atoms with Gasteiger partial charge in [-0.3, -0.25) is 10.1 Å². The molecule has 3 amide bonds. The zero-order valence-corrected chi connectivity index (χ0v) is 12.2. The van der Waals surface area contributed by atoms with Crippen molar-refractivity contribution in [2.45, 2.75) is 42.8 Å². The van der Waals surface area contributed by atoms with E-state index in [1.807, 2.05) is 4.57 Å². The molecule has 9 heteroatoms. The van der Waals surface area contributed by atoms with Crippen LogP contribution in [0.2, 0.25) is 0 Å². The van der Waals surface area contributed by atoms with E-state index in [1.54, 1.807) is 6.92 Å². The summed E-state index contributed by atoms with van der Waals surface area (Å²) in [4.78, 5) is 22.9. The van der Waals surface area contributed by atoms with Crippen LogP contribution in [-0.2, 0) is 11.3 Å². The summed E-state index contributed by atoms with van der Waals surface area (Å²) in [7, 11) is 1.46. The minimum Gasteiger partial charge on any atom is -0.341 e. The number of nitrogens with two attached hydrogens (primary N) is 1. The van der Waals surface area contributed by atoms with Gasteiger partial charge in [-0.05, 0) is 19.8 Å². The van der Waals surface area contributed by atoms with Crippen molar-refractivity contribution in [3.05, 3.63) is 5.82 Å². The summed E-state index contributed by atoms with van der Waals surface area (Å²) in [6, 6.07) is -0.131. The van der Waals surface area contributed by atoms with Crippen LogP contribution in [0.15, 0.2) is 5.16 Å². The van der Waals surface area contributed by atoms with E-state index in [0.717, 1.165) is 18.7 Å². The summed E-state index contributed by atoms with van der Waals surface area (Å²) in [5.74, 6) is 0.364. The van der Waals surface area contributed by atoms with E-state index in [2.05, 4.69) is 20.8 Å². The van der Waals surface area contributed by atoms with Crippen LogP contribution in [0.4, 0.5) is 4.79 Å². The van der Waals surface area contributed by atoms with E-state index in [1.165, 1.54) is 18.8 Å². The lowest BCUT2D eigenvalue weighted by Gasteiger charge is -2.12. The first-order chi connectivity index (χ1) is 9.56. The van der Waals surface area contributed by atoms with Gasteiger partial charge >= 0.3 is 6.03 Å². The zero-order valence-electron chi connectivity index (χ0n) is 11.4. The molecule has 1 aliphatic rings. The van der Waals surface area contributed by atoms with Crippen LogP contribution >= 0.6 is 11.8 Å². The molecule has 4 N–H and O–H groups in total. The first kappa shape index (κ1) is 14.8. The summed E-state index contributed by atoms with van der Waals surface area (Å²) >= 11 is 1.28. The van der Waals surface area contributed by atoms with Crippen LogP contribution in [0.25, 0.3) is 0 Å². The third-order valence-electron chi connectivity index (χ3n) is 2.94. The maximum atomic E-state index is 11.8. The van der Waals surface area contributed by atoms with Gasteiger partial charge in [0.05, 0.1) is 11.8 Å². The monoisotopic (exact) mass is 298 g/mol. The molecule has 1 unspecified atom stereocenters. The molecule has 1 saturated carbocycles. The van der Waals surface area contributed by atoms with E-state index >= 15 is 0 Å². The Hall–Kier alpha value is -1.61. The highest BCUT2D eigenvalue weighted by atomic mass is 32.2. The van der Waals surface area contributed by atoms with Gasteiger partial charge in [-0.1, -0.05) is 11.8 Å². The van der Waals surface area contributed by atoms with E-state index < -0.39 is 11.3 Å². The van der Waals surface area contributed by atoms with Crippen LogP contribution in [-0.4, -0.2) is 39.0 Å². The van der Waals surface area contributed by atoms with Gasteiger partial charge in [-0.15, -0.1) is 10.2 Å². The molecule has 1 fully saturated rings. The SMILES string of the molecule is CNC(=O)NC(=O)C(C)Sc1nnc(CN)n1C1CC1. The average Bonchev–Trinajstić information content (AvgIpc) is 3.19. The summed E-state index contributed by atoms with van der Waals surface area (Å²) in [6.07, 6.45) is 2.16. The van der Waals surface area contributed by atoms with E-state index in [0.29, 0.717) is 17.7 Å². The van der Waals surface area contributed by atoms with Crippen LogP contribution in [0, 0.1) is 0 Å². The quantitative estimate of drug-likeness (QED) is 0.660. The lowest BCUT2D eigenvalue weighted by atomic mass is 10.4. The highest BCUT2D eigenvalue weighted by Gasteiger charge is 2.30. The van der Waals surface area contributed by atoms with Gasteiger partial charge in [0, 0.05) is 13.1 Å². The Bertz CT molecular complexity index is 513. The largest absolute Gasteiger partial charge is 0.341 e. The van der Waals surface area contributed by atoms with Crippen molar-refractivity contribution in [1.29, 1.82) is 0 Å². The second-order valence-electron chi connectivity index (χ2n) is 4.53. The predicted molar refractivity (Wildman–Crippen MR) is 74.1 cm³/mol. The highest BCUT2D eigenvalue weighted by Crippen LogP contribution is 2.39. The number of carbonyl (C=O) groups is 2. The molecule has 110 valence electrons. The number of hydrogen-bond acceptors (Lipinski definition) is 6. The molecular weight excluding hydrogens is 280 g/mol. The first-order valence-corrected chi connectivity index (χ1v) is 7.27. The van der Waals surface area contributed by atoms with Crippen molar-refractivity contribution < 1.29 is 9.59 Å². The third kappa shape index (κ3) is 3.28. The Morgan fingerprint density at radius 3 is 2.75 bits per heavy atom. The first-order valence-electron chi connectivity index (χ1n) is 6.40. The van der Waals surface area contributed by atoms with Crippen molar-refractivity contribution in [2.75, 3.05) is 7.05 Å². The number of urea groups is 1. The number of imide groups is 1. The maximum absolute atomic E-state index is 11.8. The van der Waals surface area contributed by atoms with Gasteiger partial charge < -0.3 is 15.6 Å². The van der Waals surface area contributed by atoms with Gasteiger partial charge in [-0.2, -0.15) is 0 Å². The van der Waals surface area contributed by atoms with Gasteiger partial charge in [-0.25, -0.2) is 4.79 Å². The Kier molecular flexibility index (Phi) is 4.61. The number of aromatic nitrogens is 3. The smallest absolute Gasteiger partial charge is 0.321 e. The average molecular weight is 298 g/mol. The van der Waals surface area contributed by atoms with E-state index in [9.17, 15) is 9.59 Å². The molecule has 0 aliphatic heterocycles. The van der Waals surface area contributed by atoms with Crippen molar-refractivity contribution in [3.8, 4) is 0 Å². The lowest BCUT2D eigenvalue weighted by molar-refractivity contribution is -0.119. The second kappa shape index (κ2) is 6.23. The number of amides is 3. The molecule has 0 saturated heterocycles. The molecule has 1 aliphatic carbocycles. The Morgan fingerprint density at radius 1 is 1.50 bits per heavy atom. The van der Waals surface area contributed by atoms with Crippen LogP contribution in [0.3, 0.4) is 0 Å². The van der Waals surface area contributed by atoms with E-state index in [-0.39, 0.29) is 5.91 Å². The highest BCUT2D eigenvalue weighted by molar-refractivity contribution is 8.00. The van der Waals surface area contributed by atoms with Gasteiger partial charge in [0.25, 0.3) is 0 Å². The van der Waals surface area contributed by atoms with E-state index in [4.69, 9.17) is 5.73 Å². The topological polar surface area (TPSA) is 115 Å². The lowest BCUT2D eigenvalue weighted by Crippen LogP contribution is -2.41. The Balaban J connectivity index is 2.04. The summed E-state index contributed by atoms with van der Waals surface area (Å²) < 4.78 is 1.99. The molecule has 0 aromatic carbocycles. The minimum absolute atomic E-state index is 0.322. The molecule has 8 nitrogen and oxygen atoms in total. The maximum Gasteiger partial charge on any atom is 0.321 e. The zero-order chi connectivity index (χ0) is 14.7. The standard InChI is InChI=1S/C11H18N6O2S/c1-6(9(18)14-10(19)13-2)20-11-16-15-8(5-12)17(11)7-3-4-7/h6-7H,3-5,12H2,1-2H3,(H2,13,14,18,19). The number of carbonyl (C=O) groups excluding carboxylic acids is 2. The molecule has 0 bridgehead atoms. The Morgan fingerprint density at radius 2 is 2.20 bits per heavy atom. The van der Waals surface area contributed by atoms with Crippen molar-refractivity contribution in [2.24, 2.45) is 5.73 Å². The molecular formula is C11H18N6O2S. The van der Waals surface area contributed by atoms with Crippen molar-refractivity contribution in [3.63, 3.8) is 0 Å². The normalized spacial score (nSPS) is 15.8. The van der Waals surface area contributed by atoms with Crippen LogP contribution in [0.5, 0.6) is 0 Å². The third-order valence-corrected chi connectivity index (χ3v) is 4.00. The summed E-state index contributed by atoms with van der Waals surface area (Å²) in [6.45, 7) is 2.04. The van der Waals surface area contributed by atoms with Gasteiger partial charge in [0.15, 0.2) is 5.16 Å². The van der Waals surface area contributed by atoms with Gasteiger partial charge in [0.2, 0.25) is 5.91 Å². The number of hydrogen-bond donors (Lipinski definition) is 3. The molecule has 0 spiro atoms. The number of nitrogens with one attached hydrogen (secondary N) is 2. The summed E-state index contributed by atoms with van der Waals surface area (Å²) in [5, 5.41) is 12.9. The van der Waals surface area contributed by atoms with Crippen molar-refractivity contribution >= 4 is 23.7 Å². The molecule has 1 atom stereocenters. The van der Waals surface area contributed by atoms with Crippen LogP contribution < -0.4 is 16.4 Å². The molecule has 20 heavy (non-hydrogen) atoms. The molecule has 1 aromatic rings.